The molecule has 1 aliphatic heterocycles. The van der Waals surface area contributed by atoms with Gasteiger partial charge in [0.2, 0.25) is 10.0 Å². The van der Waals surface area contributed by atoms with Gasteiger partial charge < -0.3 is 20.7 Å². The van der Waals surface area contributed by atoms with E-state index in [1.165, 1.54) is 0 Å². The van der Waals surface area contributed by atoms with Gasteiger partial charge in [-0.15, -0.1) is 0 Å². The van der Waals surface area contributed by atoms with Gasteiger partial charge in [0.1, 0.15) is 0 Å². The second-order valence-electron chi connectivity index (χ2n) is 6.56. The summed E-state index contributed by atoms with van der Waals surface area (Å²) in [5, 5.41) is 3.12. The van der Waals surface area contributed by atoms with E-state index in [1.807, 2.05) is 0 Å². The number of nitrogens with one attached hydrogen (secondary N) is 2. The van der Waals surface area contributed by atoms with Crippen LogP contribution >= 0.6 is 0 Å². The molecule has 4 N–H and O–H groups in total. The Hall–Kier alpha value is -1.55. The molecule has 1 fully saturated rings. The maximum atomic E-state index is 11.6. The summed E-state index contributed by atoms with van der Waals surface area (Å²) in [5.74, 6) is 0.271. The molecule has 0 radical (unpaired) electrons. The van der Waals surface area contributed by atoms with Crippen LogP contribution in [0.4, 0.5) is 4.79 Å². The molecule has 9 nitrogen and oxygen atoms in total. The minimum atomic E-state index is -3.31. The quantitative estimate of drug-likeness (QED) is 0.445. The van der Waals surface area contributed by atoms with Crippen molar-refractivity contribution in [2.75, 3.05) is 32.5 Å². The first-order valence-corrected chi connectivity index (χ1v) is 9.88. The third kappa shape index (κ3) is 7.82. The van der Waals surface area contributed by atoms with Crippen molar-refractivity contribution in [1.82, 2.24) is 14.9 Å². The Morgan fingerprint density at radius 1 is 1.38 bits per heavy atom. The van der Waals surface area contributed by atoms with E-state index >= 15 is 0 Å². The number of likely N-dealkylation sites (tertiary alicyclic amines) is 1. The molecule has 1 saturated heterocycles. The van der Waals surface area contributed by atoms with Crippen molar-refractivity contribution in [3.63, 3.8) is 0 Å². The van der Waals surface area contributed by atoms with Crippen molar-refractivity contribution >= 4 is 22.1 Å². The number of aliphatic imine (C=N–C) groups is 1. The van der Waals surface area contributed by atoms with Crippen LogP contribution in [0, 0.1) is 0 Å². The summed E-state index contributed by atoms with van der Waals surface area (Å²) in [5.41, 5.74) is 5.16. The van der Waals surface area contributed by atoms with Crippen LogP contribution < -0.4 is 15.8 Å². The zero-order valence-corrected chi connectivity index (χ0v) is 15.6. The molecule has 1 aliphatic rings. The van der Waals surface area contributed by atoms with Crippen LogP contribution in [0.1, 0.15) is 33.6 Å². The molecule has 140 valence electrons. The van der Waals surface area contributed by atoms with Crippen LogP contribution in [0.25, 0.3) is 0 Å². The highest BCUT2D eigenvalue weighted by atomic mass is 32.2. The molecule has 1 rings (SSSR count). The Kier molecular flexibility index (Phi) is 7.27. The molecule has 24 heavy (non-hydrogen) atoms. The van der Waals surface area contributed by atoms with Gasteiger partial charge in [0.25, 0.3) is 0 Å². The predicted molar refractivity (Wildman–Crippen MR) is 93.3 cm³/mol. The van der Waals surface area contributed by atoms with Gasteiger partial charge in [0, 0.05) is 24.7 Å². The number of amides is 1. The summed E-state index contributed by atoms with van der Waals surface area (Å²) in [7, 11) is -3.31. The van der Waals surface area contributed by atoms with E-state index in [4.69, 9.17) is 10.5 Å². The fourth-order valence-electron chi connectivity index (χ4n) is 2.49. The largest absolute Gasteiger partial charge is 0.450 e. The second kappa shape index (κ2) is 8.52. The first-order chi connectivity index (χ1) is 11.0. The van der Waals surface area contributed by atoms with E-state index < -0.39 is 15.6 Å². The number of ether oxygens (including phenoxy) is 1. The minimum Gasteiger partial charge on any atom is -0.450 e. The molecule has 0 aromatic carbocycles. The molecule has 0 aromatic heterocycles. The first kappa shape index (κ1) is 20.5. The van der Waals surface area contributed by atoms with Gasteiger partial charge in [-0.05, 0) is 33.6 Å². The van der Waals surface area contributed by atoms with Crippen LogP contribution in [0.2, 0.25) is 0 Å². The van der Waals surface area contributed by atoms with Gasteiger partial charge in [0.15, 0.2) is 5.96 Å². The Bertz CT molecular complexity index is 554. The lowest BCUT2D eigenvalue weighted by Crippen LogP contribution is -2.49. The number of carbonyl (C=O) groups is 1. The molecule has 10 heteroatoms. The highest BCUT2D eigenvalue weighted by molar-refractivity contribution is 7.88. The van der Waals surface area contributed by atoms with Crippen LogP contribution in [0.3, 0.4) is 0 Å². The zero-order valence-electron chi connectivity index (χ0n) is 14.8. The van der Waals surface area contributed by atoms with E-state index in [2.05, 4.69) is 15.0 Å². The second-order valence-corrected chi connectivity index (χ2v) is 8.31. The Morgan fingerprint density at radius 3 is 2.46 bits per heavy atom. The Morgan fingerprint density at radius 2 is 1.96 bits per heavy atom. The third-order valence-electron chi connectivity index (χ3n) is 3.48. The van der Waals surface area contributed by atoms with Crippen LogP contribution in [-0.2, 0) is 14.8 Å². The van der Waals surface area contributed by atoms with Gasteiger partial charge in [-0.25, -0.2) is 17.9 Å². The van der Waals surface area contributed by atoms with Crippen molar-refractivity contribution in [1.29, 1.82) is 0 Å². The van der Waals surface area contributed by atoms with Crippen molar-refractivity contribution in [3.8, 4) is 0 Å². The number of hydrogen-bond donors (Lipinski definition) is 3. The molecule has 0 aromatic rings. The van der Waals surface area contributed by atoms with E-state index in [1.54, 1.807) is 25.7 Å². The van der Waals surface area contributed by atoms with Crippen molar-refractivity contribution < 1.29 is 17.9 Å². The van der Waals surface area contributed by atoms with Gasteiger partial charge in [-0.2, -0.15) is 0 Å². The highest BCUT2D eigenvalue weighted by Gasteiger charge is 2.24. The number of nitrogens with zero attached hydrogens (tertiary/aromatic N) is 2. The minimum absolute atomic E-state index is 0.130. The lowest BCUT2D eigenvalue weighted by Gasteiger charge is -2.32. The summed E-state index contributed by atoms with van der Waals surface area (Å²) in [6, 6.07) is 0.130. The van der Waals surface area contributed by atoms with E-state index in [0.29, 0.717) is 19.7 Å². The first-order valence-electron chi connectivity index (χ1n) is 7.99. The maximum Gasteiger partial charge on any atom is 0.409 e. The Balaban J connectivity index is 2.43. The molecule has 0 saturated carbocycles. The number of sulfonamides is 1. The fourth-order valence-corrected chi connectivity index (χ4v) is 3.56. The molecule has 0 unspecified atom stereocenters. The van der Waals surface area contributed by atoms with Crippen LogP contribution in [0.5, 0.6) is 0 Å². The van der Waals surface area contributed by atoms with Crippen molar-refractivity contribution in [3.05, 3.63) is 0 Å². The zero-order chi connectivity index (χ0) is 18.4. The summed E-state index contributed by atoms with van der Waals surface area (Å²) >= 11 is 0. The SMILES string of the molecule is CCOC(=O)N1CCC(NC(N)=NCC(C)(C)NS(C)(=O)=O)CC1. The highest BCUT2D eigenvalue weighted by Crippen LogP contribution is 2.11. The average molecular weight is 363 g/mol. The topological polar surface area (TPSA) is 126 Å². The number of piperidine rings is 1. The van der Waals surface area contributed by atoms with Crippen LogP contribution in [-0.4, -0.2) is 69.4 Å². The Labute approximate surface area is 144 Å². The fraction of sp³-hybridized carbons (Fsp3) is 0.857. The van der Waals surface area contributed by atoms with Crippen molar-refractivity contribution in [2.45, 2.75) is 45.2 Å². The summed E-state index contributed by atoms with van der Waals surface area (Å²) in [4.78, 5) is 17.5. The smallest absolute Gasteiger partial charge is 0.409 e. The van der Waals surface area contributed by atoms with Crippen molar-refractivity contribution in [2.24, 2.45) is 10.7 Å². The van der Waals surface area contributed by atoms with Gasteiger partial charge in [0.05, 0.1) is 19.4 Å². The van der Waals surface area contributed by atoms with Gasteiger partial charge in [-0.1, -0.05) is 0 Å². The number of hydrogen-bond acceptors (Lipinski definition) is 5. The molecule has 0 spiro atoms. The normalized spacial score (nSPS) is 17.7. The number of guanidine groups is 1. The molecular weight excluding hydrogens is 334 g/mol. The predicted octanol–water partition coefficient (Wildman–Crippen LogP) is -0.161. The van der Waals surface area contributed by atoms with Gasteiger partial charge >= 0.3 is 6.09 Å². The molecule has 1 amide bonds. The molecular formula is C14H29N5O4S. The van der Waals surface area contributed by atoms with E-state index in [-0.39, 0.29) is 24.6 Å². The maximum absolute atomic E-state index is 11.6. The molecule has 0 aliphatic carbocycles. The molecule has 1 heterocycles. The van der Waals surface area contributed by atoms with E-state index in [0.717, 1.165) is 19.1 Å². The summed E-state index contributed by atoms with van der Waals surface area (Å²) in [6.45, 7) is 7.05. The van der Waals surface area contributed by atoms with E-state index in [9.17, 15) is 13.2 Å². The lowest BCUT2D eigenvalue weighted by atomic mass is 10.1. The average Bonchev–Trinajstić information content (AvgIpc) is 2.44. The number of carbonyl (C=O) groups excluding carboxylic acids is 1. The summed E-state index contributed by atoms with van der Waals surface area (Å²) in [6.07, 6.45) is 2.32. The van der Waals surface area contributed by atoms with Gasteiger partial charge in [-0.3, -0.25) is 4.99 Å². The lowest BCUT2D eigenvalue weighted by molar-refractivity contribution is 0.0963. The summed E-state index contributed by atoms with van der Waals surface area (Å²) < 4.78 is 30.1. The standard InChI is InChI=1S/C14H29N5O4S/c1-5-23-13(20)19-8-6-11(7-9-19)17-12(15)16-10-14(2,3)18-24(4,21)22/h11,18H,5-10H2,1-4H3,(H3,15,16,17). The third-order valence-corrected chi connectivity index (χ3v) is 4.40. The number of rotatable bonds is 6. The molecule has 0 bridgehead atoms. The monoisotopic (exact) mass is 363 g/mol. The number of nitrogens with two attached hydrogens (primary N) is 1. The molecule has 0 atom stereocenters. The van der Waals surface area contributed by atoms with Crippen LogP contribution in [0.15, 0.2) is 4.99 Å².